The summed E-state index contributed by atoms with van der Waals surface area (Å²) in [4.78, 5) is 15.6. The zero-order valence-electron chi connectivity index (χ0n) is 19.9. The smallest absolute Gasteiger partial charge is 0.274 e. The van der Waals surface area contributed by atoms with Crippen molar-refractivity contribution in [3.63, 3.8) is 0 Å². The number of aromatic nitrogens is 2. The van der Waals surface area contributed by atoms with Crippen molar-refractivity contribution in [2.24, 2.45) is 5.92 Å². The minimum Gasteiger partial charge on any atom is -0.385 e. The average molecular weight is 446 g/mol. The van der Waals surface area contributed by atoms with E-state index in [4.69, 9.17) is 0 Å². The highest BCUT2D eigenvalue weighted by atomic mass is 16.3. The largest absolute Gasteiger partial charge is 0.385 e. The van der Waals surface area contributed by atoms with Crippen LogP contribution in [-0.4, -0.2) is 38.3 Å². The number of likely N-dealkylation sites (tertiary alicyclic amines) is 1. The first-order chi connectivity index (χ1) is 16.0. The van der Waals surface area contributed by atoms with Gasteiger partial charge in [0.05, 0.1) is 12.1 Å². The molecule has 0 unspecified atom stereocenters. The second-order valence-corrected chi connectivity index (χ2v) is 9.22. The minimum absolute atomic E-state index is 0.0138. The molecule has 0 saturated carbocycles. The van der Waals surface area contributed by atoms with Crippen LogP contribution in [0.15, 0.2) is 66.7 Å². The number of nitrogens with zero attached hydrogens (tertiary/aromatic N) is 3. The topological polar surface area (TPSA) is 58.4 Å². The summed E-state index contributed by atoms with van der Waals surface area (Å²) < 4.78 is 1.90. The zero-order chi connectivity index (χ0) is 23.4. The Hall–Kier alpha value is -2.92. The summed E-state index contributed by atoms with van der Waals surface area (Å²) in [7, 11) is 0. The Balaban J connectivity index is 1.60. The molecule has 1 aromatic heterocycles. The molecule has 5 nitrogen and oxygen atoms in total. The summed E-state index contributed by atoms with van der Waals surface area (Å²) in [5.74, 6) is -0.0481. The number of carbonyl (C=O) groups is 1. The molecule has 5 heteroatoms. The van der Waals surface area contributed by atoms with E-state index in [-0.39, 0.29) is 17.9 Å². The molecule has 174 valence electrons. The second kappa shape index (κ2) is 9.92. The molecule has 2 heterocycles. The lowest BCUT2D eigenvalue weighted by Gasteiger charge is -2.50. The summed E-state index contributed by atoms with van der Waals surface area (Å²) in [5.41, 5.74) is 2.65. The Morgan fingerprint density at radius 3 is 2.39 bits per heavy atom. The van der Waals surface area contributed by atoms with Crippen LogP contribution < -0.4 is 0 Å². The van der Waals surface area contributed by atoms with Gasteiger partial charge in [-0.2, -0.15) is 5.10 Å². The molecule has 4 rings (SSSR count). The summed E-state index contributed by atoms with van der Waals surface area (Å²) in [6, 6.07) is 22.0. The van der Waals surface area contributed by atoms with Gasteiger partial charge in [0.1, 0.15) is 0 Å². The van der Waals surface area contributed by atoms with Crippen molar-refractivity contribution in [1.29, 1.82) is 0 Å². The van der Waals surface area contributed by atoms with E-state index in [0.717, 1.165) is 36.1 Å². The second-order valence-electron chi connectivity index (χ2n) is 9.22. The first kappa shape index (κ1) is 23.2. The molecule has 1 amide bonds. The maximum atomic E-state index is 13.7. The van der Waals surface area contributed by atoms with Gasteiger partial charge < -0.3 is 10.0 Å². The van der Waals surface area contributed by atoms with Crippen molar-refractivity contribution in [1.82, 2.24) is 14.7 Å². The first-order valence-electron chi connectivity index (χ1n) is 12.1. The lowest BCUT2D eigenvalue weighted by atomic mass is 9.69. The summed E-state index contributed by atoms with van der Waals surface area (Å²) >= 11 is 0. The molecule has 0 radical (unpaired) electrons. The monoisotopic (exact) mass is 445 g/mol. The van der Waals surface area contributed by atoms with Crippen LogP contribution in [0.4, 0.5) is 0 Å². The average Bonchev–Trinajstić information content (AvgIpc) is 3.21. The van der Waals surface area contributed by atoms with Crippen molar-refractivity contribution in [2.45, 2.75) is 64.6 Å². The molecule has 1 saturated heterocycles. The van der Waals surface area contributed by atoms with E-state index in [1.54, 1.807) is 0 Å². The number of piperidine rings is 1. The zero-order valence-corrected chi connectivity index (χ0v) is 19.9. The van der Waals surface area contributed by atoms with E-state index < -0.39 is 5.60 Å². The molecule has 1 aliphatic heterocycles. The number of benzene rings is 2. The van der Waals surface area contributed by atoms with Gasteiger partial charge in [0.25, 0.3) is 5.91 Å². The molecular formula is C28H35N3O2. The van der Waals surface area contributed by atoms with E-state index in [0.29, 0.717) is 25.2 Å². The molecular weight excluding hydrogens is 410 g/mol. The van der Waals surface area contributed by atoms with Crippen LogP contribution in [-0.2, 0) is 12.1 Å². The molecule has 0 bridgehead atoms. The Labute approximate surface area is 197 Å². The normalized spacial score (nSPS) is 23.0. The van der Waals surface area contributed by atoms with E-state index in [2.05, 4.69) is 31.1 Å². The summed E-state index contributed by atoms with van der Waals surface area (Å²) in [6.45, 7) is 7.42. The number of hydrogen-bond donors (Lipinski definition) is 1. The standard InChI is InChI=1S/C28H35N3O2/c1-4-12-24-26(5-2)30(18-17-28(24,33)23-15-10-7-11-16-23)27(32)25-19-21(3)31(29-25)20-22-13-8-6-9-14-22/h6-11,13-16,19,24,26,33H,4-5,12,17-18,20H2,1-3H3/t24-,26+,28-/m1/s1. The van der Waals surface area contributed by atoms with Crippen LogP contribution in [0.5, 0.6) is 0 Å². The molecule has 3 aromatic rings. The first-order valence-corrected chi connectivity index (χ1v) is 12.1. The van der Waals surface area contributed by atoms with Crippen molar-refractivity contribution < 1.29 is 9.90 Å². The van der Waals surface area contributed by atoms with E-state index in [9.17, 15) is 9.90 Å². The molecule has 1 aliphatic rings. The number of amides is 1. The summed E-state index contributed by atoms with van der Waals surface area (Å²) in [5, 5.41) is 16.5. The quantitative estimate of drug-likeness (QED) is 0.546. The third kappa shape index (κ3) is 4.60. The number of hydrogen-bond acceptors (Lipinski definition) is 3. The van der Waals surface area contributed by atoms with Gasteiger partial charge in [-0.25, -0.2) is 0 Å². The van der Waals surface area contributed by atoms with Crippen LogP contribution in [0.1, 0.15) is 66.8 Å². The van der Waals surface area contributed by atoms with Gasteiger partial charge in [-0.05, 0) is 43.4 Å². The van der Waals surface area contributed by atoms with Crippen LogP contribution in [0.2, 0.25) is 0 Å². The molecule has 3 atom stereocenters. The van der Waals surface area contributed by atoms with Crippen molar-refractivity contribution in [3.8, 4) is 0 Å². The lowest BCUT2D eigenvalue weighted by Crippen LogP contribution is -2.57. The molecule has 0 aliphatic carbocycles. The van der Waals surface area contributed by atoms with E-state index in [1.807, 2.05) is 71.1 Å². The SMILES string of the molecule is CCC[C@@H]1[C@H](CC)N(C(=O)c2cc(C)n(Cc3ccccc3)n2)CC[C@@]1(O)c1ccccc1. The van der Waals surface area contributed by atoms with Gasteiger partial charge in [0.2, 0.25) is 0 Å². The van der Waals surface area contributed by atoms with Crippen LogP contribution in [0, 0.1) is 12.8 Å². The molecule has 2 aromatic carbocycles. The van der Waals surface area contributed by atoms with Gasteiger partial charge in [0.15, 0.2) is 5.69 Å². The fourth-order valence-electron chi connectivity index (χ4n) is 5.44. The highest BCUT2D eigenvalue weighted by Gasteiger charge is 2.48. The highest BCUT2D eigenvalue weighted by Crippen LogP contribution is 2.44. The van der Waals surface area contributed by atoms with Gasteiger partial charge in [-0.1, -0.05) is 80.9 Å². The molecule has 0 spiro atoms. The minimum atomic E-state index is -0.919. The Morgan fingerprint density at radius 2 is 1.76 bits per heavy atom. The van der Waals surface area contributed by atoms with E-state index >= 15 is 0 Å². The molecule has 33 heavy (non-hydrogen) atoms. The highest BCUT2D eigenvalue weighted by molar-refractivity contribution is 5.92. The van der Waals surface area contributed by atoms with Crippen LogP contribution in [0.25, 0.3) is 0 Å². The number of carbonyl (C=O) groups excluding carboxylic acids is 1. The summed E-state index contributed by atoms with van der Waals surface area (Å²) in [6.07, 6.45) is 3.17. The van der Waals surface area contributed by atoms with E-state index in [1.165, 1.54) is 0 Å². The van der Waals surface area contributed by atoms with Crippen LogP contribution >= 0.6 is 0 Å². The van der Waals surface area contributed by atoms with Crippen molar-refractivity contribution in [3.05, 3.63) is 89.2 Å². The van der Waals surface area contributed by atoms with Gasteiger partial charge >= 0.3 is 0 Å². The maximum absolute atomic E-state index is 13.7. The predicted molar refractivity (Wildman–Crippen MR) is 131 cm³/mol. The Kier molecular flexibility index (Phi) is 6.99. The Morgan fingerprint density at radius 1 is 1.09 bits per heavy atom. The van der Waals surface area contributed by atoms with Crippen LogP contribution in [0.3, 0.4) is 0 Å². The van der Waals surface area contributed by atoms with Crippen molar-refractivity contribution >= 4 is 5.91 Å². The third-order valence-electron chi connectivity index (χ3n) is 7.14. The lowest BCUT2D eigenvalue weighted by molar-refractivity contribution is -0.101. The fourth-order valence-corrected chi connectivity index (χ4v) is 5.44. The number of aryl methyl sites for hydroxylation is 1. The van der Waals surface area contributed by atoms with Crippen molar-refractivity contribution in [2.75, 3.05) is 6.54 Å². The molecule has 1 fully saturated rings. The fraction of sp³-hybridized carbons (Fsp3) is 0.429. The van der Waals surface area contributed by atoms with Gasteiger partial charge in [-0.15, -0.1) is 0 Å². The predicted octanol–water partition coefficient (Wildman–Crippen LogP) is 5.17. The maximum Gasteiger partial charge on any atom is 0.274 e. The molecule has 1 N–H and O–H groups in total. The number of aliphatic hydroxyl groups is 1. The van der Waals surface area contributed by atoms with Gasteiger partial charge in [-0.3, -0.25) is 9.48 Å². The number of rotatable bonds is 7. The third-order valence-corrected chi connectivity index (χ3v) is 7.14. The van der Waals surface area contributed by atoms with Gasteiger partial charge in [0, 0.05) is 24.2 Å². The Bertz CT molecular complexity index is 1060.